The average molecular weight is 516 g/mol. The minimum Gasteiger partial charge on any atom is -0.481 e. The minimum absolute atomic E-state index is 0.0528. The van der Waals surface area contributed by atoms with E-state index in [0.29, 0.717) is 18.2 Å². The van der Waals surface area contributed by atoms with Crippen molar-refractivity contribution in [2.24, 2.45) is 64.6 Å². The zero-order chi connectivity index (χ0) is 25.7. The highest BCUT2D eigenvalue weighted by molar-refractivity contribution is 5.76. The van der Waals surface area contributed by atoms with Crippen LogP contribution in [0.1, 0.15) is 77.0 Å². The van der Waals surface area contributed by atoms with Crippen molar-refractivity contribution >= 4 is 5.97 Å². The van der Waals surface area contributed by atoms with Crippen LogP contribution >= 0.6 is 0 Å². The molecule has 4 heteroatoms. The van der Waals surface area contributed by atoms with E-state index in [1.165, 1.54) is 64.2 Å². The Bertz CT molecular complexity index is 1070. The number of carboxylic acid groups (broad SMARTS) is 1. The number of hydrogen-bond acceptors (Lipinski definition) is 3. The summed E-state index contributed by atoms with van der Waals surface area (Å²) in [5.74, 6) is 7.72. The molecule has 0 aliphatic heterocycles. The van der Waals surface area contributed by atoms with Gasteiger partial charge < -0.3 is 9.84 Å². The van der Waals surface area contributed by atoms with Crippen LogP contribution in [0.15, 0.2) is 48.7 Å². The second-order valence-electron chi connectivity index (χ2n) is 13.8. The highest BCUT2D eigenvalue weighted by atomic mass is 16.5. The lowest BCUT2D eigenvalue weighted by Gasteiger charge is -2.57. The smallest absolute Gasteiger partial charge is 0.313 e. The van der Waals surface area contributed by atoms with E-state index in [1.54, 1.807) is 6.20 Å². The highest BCUT2D eigenvalue weighted by Crippen LogP contribution is 2.61. The molecule has 0 saturated heterocycles. The van der Waals surface area contributed by atoms with Crippen LogP contribution in [0.2, 0.25) is 0 Å². The molecule has 1 heterocycles. The molecule has 0 bridgehead atoms. The van der Waals surface area contributed by atoms with Crippen molar-refractivity contribution < 1.29 is 14.6 Å². The highest BCUT2D eigenvalue weighted by Gasteiger charge is 2.55. The first-order valence-electron chi connectivity index (χ1n) is 15.7. The molecule has 6 aliphatic rings. The molecule has 38 heavy (non-hydrogen) atoms. The summed E-state index contributed by atoms with van der Waals surface area (Å²) in [5, 5.41) is 10.6. The normalized spacial score (nSPS) is 45.4. The van der Waals surface area contributed by atoms with E-state index in [2.05, 4.69) is 29.3 Å². The van der Waals surface area contributed by atoms with Crippen molar-refractivity contribution in [3.8, 4) is 5.88 Å². The van der Waals surface area contributed by atoms with Crippen molar-refractivity contribution in [1.29, 1.82) is 0 Å². The van der Waals surface area contributed by atoms with Gasteiger partial charge in [0, 0.05) is 12.3 Å². The Kier molecular flexibility index (Phi) is 6.64. The van der Waals surface area contributed by atoms with Crippen molar-refractivity contribution in [3.63, 3.8) is 0 Å². The number of hydrogen-bond donors (Lipinski definition) is 1. The van der Waals surface area contributed by atoms with Gasteiger partial charge >= 0.3 is 5.97 Å². The van der Waals surface area contributed by atoms with E-state index in [-0.39, 0.29) is 12.5 Å². The van der Waals surface area contributed by atoms with Gasteiger partial charge in [-0.2, -0.15) is 0 Å². The molecule has 0 spiro atoms. The molecule has 0 radical (unpaired) electrons. The van der Waals surface area contributed by atoms with Crippen molar-refractivity contribution in [3.05, 3.63) is 48.7 Å². The molecule has 4 nitrogen and oxygen atoms in total. The number of nitrogens with zero attached hydrogens (tertiary/aromatic N) is 1. The minimum atomic E-state index is -0.854. The van der Waals surface area contributed by atoms with E-state index < -0.39 is 11.4 Å². The summed E-state index contributed by atoms with van der Waals surface area (Å²) >= 11 is 0. The first-order chi connectivity index (χ1) is 18.6. The lowest BCUT2D eigenvalue weighted by Crippen LogP contribution is -2.51. The standard InChI is InChI=1S/C34H45NO3/c36-33(37)34(21-38-32-9-2-4-19-35-32)18-3-1-8-31(34)24-12-13-26-23(20-24)11-15-30-28(26)17-16-27-25-7-5-6-22(25)10-14-29(27)30/h1-2,4-6,8-9,19,22-31H,3,7,10-18,20-21H2,(H,36,37). The Balaban J connectivity index is 1.06. The van der Waals surface area contributed by atoms with Crippen molar-refractivity contribution in [1.82, 2.24) is 4.98 Å². The molecular weight excluding hydrogens is 470 g/mol. The van der Waals surface area contributed by atoms with Crippen LogP contribution in [0.5, 0.6) is 5.88 Å². The second kappa shape index (κ2) is 10.1. The monoisotopic (exact) mass is 515 g/mol. The summed E-state index contributed by atoms with van der Waals surface area (Å²) < 4.78 is 6.06. The van der Waals surface area contributed by atoms with Gasteiger partial charge in [-0.1, -0.05) is 30.4 Å². The van der Waals surface area contributed by atoms with Gasteiger partial charge in [-0.15, -0.1) is 0 Å². The van der Waals surface area contributed by atoms with E-state index in [9.17, 15) is 9.90 Å². The number of carboxylic acids is 1. The van der Waals surface area contributed by atoms with Gasteiger partial charge in [0.1, 0.15) is 12.0 Å². The van der Waals surface area contributed by atoms with Gasteiger partial charge in [0.25, 0.3) is 0 Å². The van der Waals surface area contributed by atoms with Crippen LogP contribution in [0, 0.1) is 64.6 Å². The SMILES string of the molecule is O=C(O)C1(COc2ccccn2)CCC=CC1C1CCC2C(CCC3C2CCC2C4CC=CC4CCC23)C1. The topological polar surface area (TPSA) is 59.4 Å². The first-order valence-corrected chi connectivity index (χ1v) is 15.7. The third kappa shape index (κ3) is 4.16. The average Bonchev–Trinajstić information content (AvgIpc) is 3.45. The predicted molar refractivity (Wildman–Crippen MR) is 148 cm³/mol. The summed E-state index contributed by atoms with van der Waals surface area (Å²) in [6, 6.07) is 5.59. The molecule has 1 N–H and O–H groups in total. The lowest BCUT2D eigenvalue weighted by atomic mass is 9.48. The summed E-state index contributed by atoms with van der Waals surface area (Å²) in [6.07, 6.45) is 26.4. The molecule has 11 atom stereocenters. The molecule has 7 rings (SSSR count). The zero-order valence-electron chi connectivity index (χ0n) is 22.8. The second-order valence-corrected chi connectivity index (χ2v) is 13.8. The lowest BCUT2D eigenvalue weighted by molar-refractivity contribution is -0.158. The number of aromatic nitrogens is 1. The van der Waals surface area contributed by atoms with Crippen LogP contribution in [-0.4, -0.2) is 22.7 Å². The molecule has 0 aromatic carbocycles. The Labute approximate surface area is 228 Å². The van der Waals surface area contributed by atoms with Crippen molar-refractivity contribution in [2.45, 2.75) is 77.0 Å². The molecule has 1 aromatic rings. The quantitative estimate of drug-likeness (QED) is 0.411. The Morgan fingerprint density at radius 2 is 1.61 bits per heavy atom. The fourth-order valence-corrected chi connectivity index (χ4v) is 10.9. The van der Waals surface area contributed by atoms with E-state index in [4.69, 9.17) is 4.74 Å². The largest absolute Gasteiger partial charge is 0.481 e. The molecular formula is C34H45NO3. The summed E-state index contributed by atoms with van der Waals surface area (Å²) in [7, 11) is 0. The maximum absolute atomic E-state index is 12.9. The molecule has 4 fully saturated rings. The molecule has 204 valence electrons. The number of allylic oxidation sites excluding steroid dienone is 4. The maximum Gasteiger partial charge on any atom is 0.313 e. The molecule has 1 aromatic heterocycles. The van der Waals surface area contributed by atoms with Gasteiger partial charge in [0.15, 0.2) is 0 Å². The van der Waals surface area contributed by atoms with Gasteiger partial charge in [-0.3, -0.25) is 4.79 Å². The van der Waals surface area contributed by atoms with E-state index in [1.807, 2.05) is 18.2 Å². The van der Waals surface area contributed by atoms with Crippen LogP contribution in [0.25, 0.3) is 0 Å². The van der Waals surface area contributed by atoms with E-state index >= 15 is 0 Å². The number of ether oxygens (including phenoxy) is 1. The van der Waals surface area contributed by atoms with Crippen molar-refractivity contribution in [2.75, 3.05) is 6.61 Å². The van der Waals surface area contributed by atoms with Crippen LogP contribution in [0.3, 0.4) is 0 Å². The summed E-state index contributed by atoms with van der Waals surface area (Å²) in [4.78, 5) is 17.2. The number of rotatable bonds is 5. The fourth-order valence-electron chi connectivity index (χ4n) is 10.9. The molecule has 6 aliphatic carbocycles. The predicted octanol–water partition coefficient (Wildman–Crippen LogP) is 7.57. The van der Waals surface area contributed by atoms with Crippen LogP contribution < -0.4 is 4.74 Å². The summed E-state index contributed by atoms with van der Waals surface area (Å²) in [6.45, 7) is 0.212. The zero-order valence-corrected chi connectivity index (χ0v) is 22.8. The third-order valence-corrected chi connectivity index (χ3v) is 12.5. The van der Waals surface area contributed by atoms with Crippen LogP contribution in [-0.2, 0) is 4.79 Å². The summed E-state index contributed by atoms with van der Waals surface area (Å²) in [5.41, 5.74) is -0.854. The number of fused-ring (bicyclic) bond motifs is 7. The molecule has 4 saturated carbocycles. The van der Waals surface area contributed by atoms with Gasteiger partial charge in [-0.25, -0.2) is 4.98 Å². The Morgan fingerprint density at radius 3 is 2.42 bits per heavy atom. The molecule has 11 unspecified atom stereocenters. The third-order valence-electron chi connectivity index (χ3n) is 12.5. The van der Waals surface area contributed by atoms with Gasteiger partial charge in [-0.05, 0) is 142 Å². The first kappa shape index (κ1) is 24.9. The maximum atomic E-state index is 12.9. The number of carbonyl (C=O) groups is 1. The van der Waals surface area contributed by atoms with Crippen LogP contribution in [0.4, 0.5) is 0 Å². The Morgan fingerprint density at radius 1 is 0.868 bits per heavy atom. The van der Waals surface area contributed by atoms with E-state index in [0.717, 1.165) is 53.8 Å². The molecule has 0 amide bonds. The fraction of sp³-hybridized carbons (Fsp3) is 0.706. The Hall–Kier alpha value is -2.10. The van der Waals surface area contributed by atoms with Gasteiger partial charge in [0.2, 0.25) is 5.88 Å². The number of aliphatic carboxylic acids is 1. The van der Waals surface area contributed by atoms with Gasteiger partial charge in [0.05, 0.1) is 0 Å². The number of pyridine rings is 1.